The molecule has 5 heteroatoms. The van der Waals surface area contributed by atoms with Crippen LogP contribution < -0.4 is 0 Å². The lowest BCUT2D eigenvalue weighted by molar-refractivity contribution is 1.07. The van der Waals surface area contributed by atoms with Crippen molar-refractivity contribution < 1.29 is 5.48 Å². The van der Waals surface area contributed by atoms with Crippen LogP contribution in [0, 0.1) is 0 Å². The number of hydrogen-bond donors (Lipinski definition) is 0. The molecule has 9 aromatic rings. The average Bonchev–Trinajstić information content (AvgIpc) is 3.64. The molecule has 0 atom stereocenters. The standard InChI is InChI=1S/C39H24N4S/c1-3-12-25(13-4-1)37-40-38(26-14-5-2-6-15-26)42-39(41-37)27-22-23-30-31-18-11-21-34(36(31)44-35(30)24-27)43-32-19-9-7-16-28(32)29-17-8-10-20-33(29)43/h1-24H/i7D,8D,19D,20D. The van der Waals surface area contributed by atoms with Gasteiger partial charge in [0.25, 0.3) is 0 Å². The van der Waals surface area contributed by atoms with Crippen molar-refractivity contribution in [2.45, 2.75) is 0 Å². The Bertz CT molecular complexity index is 2600. The fraction of sp³-hybridized carbons (Fsp3) is 0. The summed E-state index contributed by atoms with van der Waals surface area (Å²) >= 11 is 1.64. The quantitative estimate of drug-likeness (QED) is 0.207. The summed E-state index contributed by atoms with van der Waals surface area (Å²) in [4.78, 5) is 14.7. The molecular formula is C39H24N4S. The molecule has 0 saturated heterocycles. The molecule has 44 heavy (non-hydrogen) atoms. The molecule has 206 valence electrons. The minimum Gasteiger partial charge on any atom is -0.308 e. The van der Waals surface area contributed by atoms with E-state index in [2.05, 4.69) is 24.3 Å². The SMILES string of the molecule is [2H]c1cc([2H])c2c(c1)c1cc([2H])cc([2H])c1n2-c1cccc2c1sc1cc(-c3nc(-c4ccccc4)nc(-c4ccccc4)n3)ccc12. The monoisotopic (exact) mass is 584 g/mol. The smallest absolute Gasteiger partial charge is 0.164 e. The van der Waals surface area contributed by atoms with E-state index in [1.807, 2.05) is 77.4 Å². The van der Waals surface area contributed by atoms with Crippen LogP contribution in [0.25, 0.3) is 81.8 Å². The Morgan fingerprint density at radius 1 is 0.500 bits per heavy atom. The maximum absolute atomic E-state index is 8.88. The van der Waals surface area contributed by atoms with Gasteiger partial charge in [0.05, 0.1) is 26.9 Å². The van der Waals surface area contributed by atoms with Crippen LogP contribution in [0.3, 0.4) is 0 Å². The summed E-state index contributed by atoms with van der Waals surface area (Å²) < 4.78 is 38.4. The maximum atomic E-state index is 8.88. The van der Waals surface area contributed by atoms with Crippen LogP contribution in [-0.4, -0.2) is 19.5 Å². The molecule has 0 N–H and O–H groups in total. The van der Waals surface area contributed by atoms with Crippen LogP contribution >= 0.6 is 11.3 Å². The molecular weight excluding hydrogens is 557 g/mol. The predicted octanol–water partition coefficient (Wildman–Crippen LogP) is 10.3. The normalized spacial score (nSPS) is 12.9. The van der Waals surface area contributed by atoms with Crippen LogP contribution in [-0.2, 0) is 0 Å². The zero-order valence-corrected chi connectivity index (χ0v) is 24.1. The summed E-state index contributed by atoms with van der Waals surface area (Å²) in [5.41, 5.74) is 4.79. The Kier molecular flexibility index (Phi) is 4.78. The number of rotatable bonds is 4. The van der Waals surface area contributed by atoms with E-state index >= 15 is 0 Å². The average molecular weight is 585 g/mol. The van der Waals surface area contributed by atoms with E-state index in [-0.39, 0.29) is 24.2 Å². The van der Waals surface area contributed by atoms with Crippen molar-refractivity contribution in [3.05, 3.63) is 145 Å². The number of aromatic nitrogens is 4. The summed E-state index contributed by atoms with van der Waals surface area (Å²) in [7, 11) is 0. The van der Waals surface area contributed by atoms with Gasteiger partial charge in [0.15, 0.2) is 17.5 Å². The van der Waals surface area contributed by atoms with Crippen molar-refractivity contribution in [1.29, 1.82) is 0 Å². The molecule has 0 fully saturated rings. The summed E-state index contributed by atoms with van der Waals surface area (Å²) in [6.07, 6.45) is 0. The van der Waals surface area contributed by atoms with Gasteiger partial charge in [-0.05, 0) is 24.2 Å². The Morgan fingerprint density at radius 2 is 1.09 bits per heavy atom. The van der Waals surface area contributed by atoms with Crippen molar-refractivity contribution in [1.82, 2.24) is 19.5 Å². The van der Waals surface area contributed by atoms with Gasteiger partial charge >= 0.3 is 0 Å². The van der Waals surface area contributed by atoms with E-state index in [0.717, 1.165) is 42.6 Å². The molecule has 0 amide bonds. The highest BCUT2D eigenvalue weighted by Gasteiger charge is 2.17. The number of para-hydroxylation sites is 2. The van der Waals surface area contributed by atoms with Gasteiger partial charge in [0, 0.05) is 42.9 Å². The lowest BCUT2D eigenvalue weighted by Crippen LogP contribution is -1.99. The molecule has 3 aromatic heterocycles. The molecule has 9 rings (SSSR count). The zero-order chi connectivity index (χ0) is 32.5. The van der Waals surface area contributed by atoms with Crippen LogP contribution in [0.15, 0.2) is 145 Å². The van der Waals surface area contributed by atoms with Gasteiger partial charge in [-0.2, -0.15) is 0 Å². The van der Waals surface area contributed by atoms with Crippen molar-refractivity contribution in [3.63, 3.8) is 0 Å². The van der Waals surface area contributed by atoms with Crippen LogP contribution in [0.5, 0.6) is 0 Å². The molecule has 0 radical (unpaired) electrons. The molecule has 3 heterocycles. The summed E-state index contributed by atoms with van der Waals surface area (Å²) in [6.45, 7) is 0. The van der Waals surface area contributed by atoms with Crippen molar-refractivity contribution >= 4 is 53.3 Å². The van der Waals surface area contributed by atoms with Gasteiger partial charge < -0.3 is 4.57 Å². The number of benzene rings is 6. The first-order valence-corrected chi connectivity index (χ1v) is 15.1. The van der Waals surface area contributed by atoms with Gasteiger partial charge in [0.2, 0.25) is 0 Å². The van der Waals surface area contributed by atoms with Gasteiger partial charge in [0.1, 0.15) is 0 Å². The van der Waals surface area contributed by atoms with Gasteiger partial charge in [-0.1, -0.05) is 121 Å². The van der Waals surface area contributed by atoms with Crippen molar-refractivity contribution in [2.24, 2.45) is 0 Å². The fourth-order valence-electron chi connectivity index (χ4n) is 5.93. The van der Waals surface area contributed by atoms with E-state index in [9.17, 15) is 0 Å². The molecule has 6 aromatic carbocycles. The van der Waals surface area contributed by atoms with Crippen molar-refractivity contribution in [2.75, 3.05) is 0 Å². The van der Waals surface area contributed by atoms with Crippen LogP contribution in [0.1, 0.15) is 5.48 Å². The number of nitrogens with zero attached hydrogens (tertiary/aromatic N) is 4. The number of fused-ring (bicyclic) bond motifs is 6. The van der Waals surface area contributed by atoms with E-state index in [1.54, 1.807) is 23.5 Å². The van der Waals surface area contributed by atoms with E-state index < -0.39 is 0 Å². The Labute approximate surface area is 263 Å². The lowest BCUT2D eigenvalue weighted by Gasteiger charge is -2.09. The van der Waals surface area contributed by atoms with Gasteiger partial charge in [-0.3, -0.25) is 0 Å². The molecule has 0 saturated carbocycles. The molecule has 4 nitrogen and oxygen atoms in total. The molecule has 0 bridgehead atoms. The van der Waals surface area contributed by atoms with E-state index in [0.29, 0.717) is 39.3 Å². The third-order valence-electron chi connectivity index (χ3n) is 7.96. The van der Waals surface area contributed by atoms with Crippen LogP contribution in [0.4, 0.5) is 0 Å². The summed E-state index contributed by atoms with van der Waals surface area (Å²) in [5, 5.41) is 3.54. The van der Waals surface area contributed by atoms with Gasteiger partial charge in [-0.15, -0.1) is 11.3 Å². The lowest BCUT2D eigenvalue weighted by atomic mass is 10.1. The third-order valence-corrected chi connectivity index (χ3v) is 9.15. The number of hydrogen-bond acceptors (Lipinski definition) is 4. The largest absolute Gasteiger partial charge is 0.308 e. The molecule has 0 unspecified atom stereocenters. The third kappa shape index (κ3) is 3.94. The second kappa shape index (κ2) is 9.97. The van der Waals surface area contributed by atoms with E-state index in [1.165, 1.54) is 12.1 Å². The fourth-order valence-corrected chi connectivity index (χ4v) is 7.18. The topological polar surface area (TPSA) is 43.6 Å². The molecule has 0 aliphatic rings. The first kappa shape index (κ1) is 21.1. The first-order valence-electron chi connectivity index (χ1n) is 16.3. The second-order valence-corrected chi connectivity index (χ2v) is 11.6. The Morgan fingerprint density at radius 3 is 1.70 bits per heavy atom. The van der Waals surface area contributed by atoms with Crippen molar-refractivity contribution in [3.8, 4) is 39.9 Å². The molecule has 0 aliphatic carbocycles. The highest BCUT2D eigenvalue weighted by atomic mass is 32.1. The molecule has 0 spiro atoms. The Balaban J connectivity index is 1.27. The highest BCUT2D eigenvalue weighted by molar-refractivity contribution is 7.26. The highest BCUT2D eigenvalue weighted by Crippen LogP contribution is 2.41. The number of thiophene rings is 1. The van der Waals surface area contributed by atoms with E-state index in [4.69, 9.17) is 20.4 Å². The summed E-state index contributed by atoms with van der Waals surface area (Å²) in [6, 6.07) is 39.6. The summed E-state index contributed by atoms with van der Waals surface area (Å²) in [5.74, 6) is 1.79. The Hall–Kier alpha value is -5.65. The van der Waals surface area contributed by atoms with Gasteiger partial charge in [-0.25, -0.2) is 15.0 Å². The minimum absolute atomic E-state index is 0.207. The molecule has 0 aliphatic heterocycles. The first-order chi connectivity index (χ1) is 23.4. The van der Waals surface area contributed by atoms with Crippen LogP contribution in [0.2, 0.25) is 0 Å². The maximum Gasteiger partial charge on any atom is 0.164 e. The second-order valence-electron chi connectivity index (χ2n) is 10.6. The minimum atomic E-state index is 0.207. The predicted molar refractivity (Wildman–Crippen MR) is 183 cm³/mol. The zero-order valence-electron chi connectivity index (χ0n) is 27.2.